The first-order chi connectivity index (χ1) is 15.4. The fourth-order valence-corrected chi connectivity index (χ4v) is 3.84. The summed E-state index contributed by atoms with van der Waals surface area (Å²) >= 11 is 0. The van der Waals surface area contributed by atoms with Gasteiger partial charge in [-0.15, -0.1) is 0 Å². The van der Waals surface area contributed by atoms with E-state index in [0.29, 0.717) is 0 Å². The molecule has 0 saturated heterocycles. The van der Waals surface area contributed by atoms with Crippen LogP contribution in [-0.2, 0) is 9.30 Å². The average Bonchev–Trinajstić information content (AvgIpc) is 2.73. The molecule has 0 spiro atoms. The maximum absolute atomic E-state index is 8.55. The average molecular weight is 547 g/mol. The van der Waals surface area contributed by atoms with Gasteiger partial charge >= 0.3 is 88.7 Å². The summed E-state index contributed by atoms with van der Waals surface area (Å²) in [7, 11) is -5.39. The maximum atomic E-state index is 8.55. The molecule has 35 heavy (non-hydrogen) atoms. The normalized spacial score (nSPS) is 10.4. The van der Waals surface area contributed by atoms with Gasteiger partial charge in [0.1, 0.15) is 0 Å². The van der Waals surface area contributed by atoms with Gasteiger partial charge in [0.15, 0.2) is 0 Å². The Kier molecular flexibility index (Phi) is 56.8. The minimum absolute atomic E-state index is 0. The molecular formula is C26H54Na3O5P. The summed E-state index contributed by atoms with van der Waals surface area (Å²) < 4.78 is 14.3. The van der Waals surface area contributed by atoms with E-state index in [2.05, 4.69) is 13.8 Å². The van der Waals surface area contributed by atoms with Gasteiger partial charge in [-0.3, -0.25) is 0 Å². The van der Waals surface area contributed by atoms with Gasteiger partial charge in [-0.2, -0.15) is 7.82 Å². The number of phosphoric acid groups is 1. The Hall–Kier alpha value is 3.07. The molecule has 0 atom stereocenters. The second-order valence-corrected chi connectivity index (χ2v) is 10.0. The van der Waals surface area contributed by atoms with Crippen molar-refractivity contribution in [3.8, 4) is 0 Å². The fourth-order valence-electron chi connectivity index (χ4n) is 3.84. The molecule has 5 nitrogen and oxygen atoms in total. The molecule has 0 unspecified atom stereocenters. The van der Waals surface area contributed by atoms with E-state index in [4.69, 9.17) is 24.0 Å². The van der Waals surface area contributed by atoms with Crippen LogP contribution in [0, 0.1) is 0 Å². The first kappa shape index (κ1) is 47.8. The maximum Gasteiger partial charge on any atom is 1.00 e. The van der Waals surface area contributed by atoms with Crippen LogP contribution in [-0.4, -0.2) is 13.2 Å². The molecule has 0 heterocycles. The first-order valence-corrected chi connectivity index (χ1v) is 15.2. The Morgan fingerprint density at radius 2 is 0.600 bits per heavy atom. The van der Waals surface area contributed by atoms with Gasteiger partial charge in [-0.25, -0.2) is 0 Å². The van der Waals surface area contributed by atoms with Crippen LogP contribution in [0.25, 0.3) is 0 Å². The van der Waals surface area contributed by atoms with Crippen molar-refractivity contribution in [1.82, 2.24) is 0 Å². The first-order valence-electron chi connectivity index (χ1n) is 13.7. The summed E-state index contributed by atoms with van der Waals surface area (Å²) in [5.74, 6) is 0. The van der Waals surface area contributed by atoms with Crippen LogP contribution in [0.4, 0.5) is 0 Å². The Morgan fingerprint density at radius 3 is 0.800 bits per heavy atom. The molecule has 0 aliphatic carbocycles. The van der Waals surface area contributed by atoms with Crippen molar-refractivity contribution in [2.75, 3.05) is 13.2 Å². The Morgan fingerprint density at radius 1 is 0.429 bits per heavy atom. The van der Waals surface area contributed by atoms with E-state index >= 15 is 0 Å². The van der Waals surface area contributed by atoms with Gasteiger partial charge in [0.25, 0.3) is 0 Å². The van der Waals surface area contributed by atoms with E-state index in [-0.39, 0.29) is 88.7 Å². The Balaban J connectivity index is -0.000000338. The third kappa shape index (κ3) is 62.2. The summed E-state index contributed by atoms with van der Waals surface area (Å²) in [6.45, 7) is 6.58. The predicted octanol–water partition coefficient (Wildman–Crippen LogP) is -2.19. The fraction of sp³-hybridized carbons (Fsp3) is 1.00. The standard InChI is InChI=1S/C26H54O.3Na.H3O4P/c1-3-5-7-9-11-13-15-17-19-21-23-25-27-26-24-22-20-18-16-14-12-10-8-6-4-2;;;;1-5(2,3)4/h3-26H2,1-2H3;;;;(H3,1,2,3,4)/q;3*+1;/p-3. The largest absolute Gasteiger partial charge is 1.00 e. The molecule has 0 rings (SSSR count). The molecule has 0 bridgehead atoms. The molecule has 0 aliphatic heterocycles. The minimum Gasteiger partial charge on any atom is -0.822 e. The second kappa shape index (κ2) is 41.5. The third-order valence-electron chi connectivity index (χ3n) is 5.78. The molecule has 0 aromatic heterocycles. The van der Waals surface area contributed by atoms with E-state index in [0.717, 1.165) is 13.2 Å². The molecule has 0 amide bonds. The topological polar surface area (TPSA) is 95.5 Å². The van der Waals surface area contributed by atoms with Gasteiger partial charge in [-0.05, 0) is 12.8 Å². The molecule has 0 aromatic carbocycles. The molecule has 0 fully saturated rings. The molecule has 9 heteroatoms. The zero-order valence-electron chi connectivity index (χ0n) is 24.5. The number of hydrogen-bond acceptors (Lipinski definition) is 5. The number of unbranched alkanes of at least 4 members (excludes halogenated alkanes) is 20. The van der Waals surface area contributed by atoms with Crippen LogP contribution in [0.15, 0.2) is 0 Å². The monoisotopic (exact) mass is 546 g/mol. The van der Waals surface area contributed by atoms with E-state index in [1.165, 1.54) is 141 Å². The van der Waals surface area contributed by atoms with E-state index in [1.807, 2.05) is 0 Å². The summed E-state index contributed by atoms with van der Waals surface area (Å²) in [5, 5.41) is 0. The molecule has 0 radical (unpaired) electrons. The van der Waals surface area contributed by atoms with Gasteiger partial charge in [0.05, 0.1) is 0 Å². The van der Waals surface area contributed by atoms with Gasteiger partial charge < -0.3 is 24.0 Å². The smallest absolute Gasteiger partial charge is 0.822 e. The quantitative estimate of drug-likeness (QED) is 0.0779. The van der Waals surface area contributed by atoms with Crippen molar-refractivity contribution in [3.05, 3.63) is 0 Å². The molecule has 0 aromatic rings. The zero-order chi connectivity index (χ0) is 24.2. The van der Waals surface area contributed by atoms with Crippen LogP contribution in [0.5, 0.6) is 0 Å². The van der Waals surface area contributed by atoms with Gasteiger partial charge in [-0.1, -0.05) is 142 Å². The van der Waals surface area contributed by atoms with Crippen LogP contribution >= 0.6 is 7.82 Å². The van der Waals surface area contributed by atoms with Crippen molar-refractivity contribution >= 4 is 7.82 Å². The second-order valence-electron chi connectivity index (χ2n) is 9.13. The third-order valence-corrected chi connectivity index (χ3v) is 5.78. The predicted molar refractivity (Wildman–Crippen MR) is 131 cm³/mol. The molecule has 0 N–H and O–H groups in total. The van der Waals surface area contributed by atoms with Crippen LogP contribution in [0.3, 0.4) is 0 Å². The number of rotatable bonds is 24. The summed E-state index contributed by atoms with van der Waals surface area (Å²) in [4.78, 5) is 25.6. The van der Waals surface area contributed by atoms with E-state index < -0.39 is 7.82 Å². The zero-order valence-corrected chi connectivity index (χ0v) is 31.4. The molecule has 0 saturated carbocycles. The summed E-state index contributed by atoms with van der Waals surface area (Å²) in [6.07, 6.45) is 31.1. The van der Waals surface area contributed by atoms with E-state index in [1.54, 1.807) is 0 Å². The summed E-state index contributed by atoms with van der Waals surface area (Å²) in [5.41, 5.74) is 0. The van der Waals surface area contributed by atoms with Crippen molar-refractivity contribution < 1.29 is 113 Å². The SMILES string of the molecule is CCCCCCCCCCCCCOCCCCCCCCCCCCC.O=P([O-])([O-])[O-].[Na+].[Na+].[Na+]. The molecule has 196 valence electrons. The van der Waals surface area contributed by atoms with Crippen molar-refractivity contribution in [2.24, 2.45) is 0 Å². The molecule has 0 aliphatic rings. The van der Waals surface area contributed by atoms with E-state index in [9.17, 15) is 0 Å². The van der Waals surface area contributed by atoms with Gasteiger partial charge in [0.2, 0.25) is 0 Å². The van der Waals surface area contributed by atoms with Crippen molar-refractivity contribution in [2.45, 2.75) is 155 Å². The van der Waals surface area contributed by atoms with Crippen LogP contribution in [0.2, 0.25) is 0 Å². The number of hydrogen-bond donors (Lipinski definition) is 0. The van der Waals surface area contributed by atoms with Crippen LogP contribution < -0.4 is 103 Å². The Bertz CT molecular complexity index is 356. The van der Waals surface area contributed by atoms with Crippen molar-refractivity contribution in [1.29, 1.82) is 0 Å². The van der Waals surface area contributed by atoms with Crippen molar-refractivity contribution in [3.63, 3.8) is 0 Å². The summed E-state index contributed by atoms with van der Waals surface area (Å²) in [6, 6.07) is 0. The Labute approximate surface area is 285 Å². The van der Waals surface area contributed by atoms with Gasteiger partial charge in [0, 0.05) is 13.2 Å². The van der Waals surface area contributed by atoms with Crippen LogP contribution in [0.1, 0.15) is 155 Å². The minimum atomic E-state index is -5.39. The molecular weight excluding hydrogens is 492 g/mol. The number of ether oxygens (including phenoxy) is 1.